The molecule has 7 nitrogen and oxygen atoms in total. The topological polar surface area (TPSA) is 82.5 Å². The zero-order chi connectivity index (χ0) is 22.5. The molecule has 1 atom stereocenters. The number of amides is 1. The molecule has 31 heavy (non-hydrogen) atoms. The average molecular weight is 424 g/mol. The van der Waals surface area contributed by atoms with Crippen molar-refractivity contribution in [1.29, 1.82) is 0 Å². The first-order valence-corrected chi connectivity index (χ1v) is 10.6. The summed E-state index contributed by atoms with van der Waals surface area (Å²) in [4.78, 5) is 29.6. The molecule has 1 unspecified atom stereocenters. The van der Waals surface area contributed by atoms with Crippen LogP contribution in [0.15, 0.2) is 41.2 Å². The molecular weight excluding hydrogens is 394 g/mol. The van der Waals surface area contributed by atoms with E-state index in [1.165, 1.54) is 0 Å². The minimum atomic E-state index is -0.239. The van der Waals surface area contributed by atoms with Crippen LogP contribution < -0.4 is 20.3 Å². The van der Waals surface area contributed by atoms with E-state index in [1.807, 2.05) is 45.9 Å². The summed E-state index contributed by atoms with van der Waals surface area (Å²) in [6.07, 6.45) is 0. The van der Waals surface area contributed by atoms with Gasteiger partial charge in [0.1, 0.15) is 5.69 Å². The first kappa shape index (κ1) is 22.3. The summed E-state index contributed by atoms with van der Waals surface area (Å²) >= 11 is 0. The molecule has 0 aliphatic carbocycles. The quantitative estimate of drug-likeness (QED) is 0.592. The highest BCUT2D eigenvalue weighted by molar-refractivity contribution is 5.97. The molecule has 1 aromatic heterocycles. The van der Waals surface area contributed by atoms with E-state index >= 15 is 0 Å². The molecule has 2 aromatic carbocycles. The highest BCUT2D eigenvalue weighted by Gasteiger charge is 2.16. The number of aromatic nitrogens is 2. The smallest absolute Gasteiger partial charge is 0.272 e. The van der Waals surface area contributed by atoms with E-state index in [1.54, 1.807) is 29.7 Å². The monoisotopic (exact) mass is 423 g/mol. The number of hydrogen-bond donors (Lipinski definition) is 1. The molecule has 0 fully saturated rings. The number of carbonyl (C=O) groups is 1. The fourth-order valence-electron chi connectivity index (χ4n) is 3.53. The van der Waals surface area contributed by atoms with Gasteiger partial charge < -0.3 is 19.4 Å². The Morgan fingerprint density at radius 2 is 1.77 bits per heavy atom. The van der Waals surface area contributed by atoms with Crippen molar-refractivity contribution in [3.05, 3.63) is 63.6 Å². The van der Waals surface area contributed by atoms with Gasteiger partial charge in [-0.3, -0.25) is 9.59 Å². The Kier molecular flexibility index (Phi) is 6.95. The van der Waals surface area contributed by atoms with Crippen LogP contribution in [0, 0.1) is 6.92 Å². The van der Waals surface area contributed by atoms with Gasteiger partial charge in [-0.1, -0.05) is 6.07 Å². The minimum absolute atomic E-state index is 0.110. The summed E-state index contributed by atoms with van der Waals surface area (Å²) in [5, 5.41) is 3.02. The average Bonchev–Trinajstić information content (AvgIpc) is 2.75. The molecular formula is C24H29N3O4. The van der Waals surface area contributed by atoms with Gasteiger partial charge in [-0.25, -0.2) is 4.98 Å². The van der Waals surface area contributed by atoms with Gasteiger partial charge in [0, 0.05) is 12.1 Å². The van der Waals surface area contributed by atoms with Crippen molar-refractivity contribution in [3.63, 3.8) is 0 Å². The second-order valence-electron chi connectivity index (χ2n) is 7.22. The van der Waals surface area contributed by atoms with Gasteiger partial charge in [0.05, 0.1) is 30.3 Å². The highest BCUT2D eigenvalue weighted by atomic mass is 16.5. The van der Waals surface area contributed by atoms with Crippen molar-refractivity contribution >= 4 is 16.9 Å². The van der Waals surface area contributed by atoms with E-state index < -0.39 is 0 Å². The molecule has 0 aliphatic heterocycles. The van der Waals surface area contributed by atoms with Crippen LogP contribution in [0.5, 0.6) is 11.5 Å². The second-order valence-corrected chi connectivity index (χ2v) is 7.22. The summed E-state index contributed by atoms with van der Waals surface area (Å²) in [5.74, 6) is 1.13. The van der Waals surface area contributed by atoms with Crippen molar-refractivity contribution in [3.8, 4) is 11.5 Å². The van der Waals surface area contributed by atoms with Gasteiger partial charge in [-0.2, -0.15) is 0 Å². The van der Waals surface area contributed by atoms with Crippen molar-refractivity contribution < 1.29 is 14.3 Å². The molecule has 7 heteroatoms. The van der Waals surface area contributed by atoms with Gasteiger partial charge in [0.2, 0.25) is 0 Å². The van der Waals surface area contributed by atoms with Crippen LogP contribution in [0.1, 0.15) is 55.4 Å². The maximum Gasteiger partial charge on any atom is 0.272 e. The first-order valence-electron chi connectivity index (χ1n) is 10.6. The SMILES string of the molecule is CCOc1ccc(C(C)NC(=O)c2ccc3c(c2)nc(C)c(=O)n3CC)cc1OCC. The Morgan fingerprint density at radius 1 is 1.06 bits per heavy atom. The Morgan fingerprint density at radius 3 is 2.45 bits per heavy atom. The Balaban J connectivity index is 1.85. The maximum absolute atomic E-state index is 12.9. The van der Waals surface area contributed by atoms with E-state index in [0.29, 0.717) is 48.0 Å². The number of aryl methyl sites for hydroxylation is 2. The maximum atomic E-state index is 12.9. The normalized spacial score (nSPS) is 11.9. The number of carbonyl (C=O) groups excluding carboxylic acids is 1. The van der Waals surface area contributed by atoms with Gasteiger partial charge in [-0.15, -0.1) is 0 Å². The molecule has 0 radical (unpaired) electrons. The lowest BCUT2D eigenvalue weighted by molar-refractivity contribution is 0.0940. The lowest BCUT2D eigenvalue weighted by atomic mass is 10.1. The van der Waals surface area contributed by atoms with Crippen LogP contribution in [-0.4, -0.2) is 28.7 Å². The first-order chi connectivity index (χ1) is 14.9. The van der Waals surface area contributed by atoms with Crippen LogP contribution in [0.4, 0.5) is 0 Å². The largest absolute Gasteiger partial charge is 0.490 e. The lowest BCUT2D eigenvalue weighted by Crippen LogP contribution is -2.27. The summed E-state index contributed by atoms with van der Waals surface area (Å²) in [6, 6.07) is 10.7. The Hall–Kier alpha value is -3.35. The van der Waals surface area contributed by atoms with Gasteiger partial charge >= 0.3 is 0 Å². The molecule has 164 valence electrons. The van der Waals surface area contributed by atoms with Crippen molar-refractivity contribution in [2.75, 3.05) is 13.2 Å². The Labute approximate surface area is 182 Å². The van der Waals surface area contributed by atoms with E-state index in [9.17, 15) is 9.59 Å². The van der Waals surface area contributed by atoms with Crippen LogP contribution in [-0.2, 0) is 6.54 Å². The molecule has 3 rings (SSSR count). The molecule has 3 aromatic rings. The van der Waals surface area contributed by atoms with Crippen molar-refractivity contribution in [2.24, 2.45) is 0 Å². The predicted molar refractivity (Wildman–Crippen MR) is 121 cm³/mol. The minimum Gasteiger partial charge on any atom is -0.490 e. The molecule has 0 saturated heterocycles. The number of ether oxygens (including phenoxy) is 2. The third-order valence-corrected chi connectivity index (χ3v) is 5.10. The predicted octanol–water partition coefficient (Wildman–Crippen LogP) is 4.01. The molecule has 0 bridgehead atoms. The number of hydrogen-bond acceptors (Lipinski definition) is 5. The van der Waals surface area contributed by atoms with Crippen LogP contribution in [0.3, 0.4) is 0 Å². The zero-order valence-corrected chi connectivity index (χ0v) is 18.7. The van der Waals surface area contributed by atoms with Crippen LogP contribution >= 0.6 is 0 Å². The fourth-order valence-corrected chi connectivity index (χ4v) is 3.53. The van der Waals surface area contributed by atoms with Crippen molar-refractivity contribution in [1.82, 2.24) is 14.9 Å². The number of fused-ring (bicyclic) bond motifs is 1. The standard InChI is InChI=1S/C24H29N3O4/c1-6-27-20-11-9-18(13-19(20)25-16(5)24(27)29)23(28)26-15(4)17-10-12-21(30-7-2)22(14-17)31-8-3/h9-15H,6-8H2,1-5H3,(H,26,28). The molecule has 0 aliphatic rings. The zero-order valence-electron chi connectivity index (χ0n) is 18.7. The van der Waals surface area contributed by atoms with E-state index in [2.05, 4.69) is 10.3 Å². The van der Waals surface area contributed by atoms with E-state index in [4.69, 9.17) is 9.47 Å². The molecule has 1 heterocycles. The highest BCUT2D eigenvalue weighted by Crippen LogP contribution is 2.31. The second kappa shape index (κ2) is 9.64. The molecule has 1 amide bonds. The summed E-state index contributed by atoms with van der Waals surface area (Å²) in [6.45, 7) is 11.0. The number of benzene rings is 2. The van der Waals surface area contributed by atoms with Gasteiger partial charge in [-0.05, 0) is 70.5 Å². The van der Waals surface area contributed by atoms with Crippen LogP contribution in [0.2, 0.25) is 0 Å². The van der Waals surface area contributed by atoms with E-state index in [-0.39, 0.29) is 17.5 Å². The summed E-state index contributed by atoms with van der Waals surface area (Å²) in [7, 11) is 0. The van der Waals surface area contributed by atoms with E-state index in [0.717, 1.165) is 11.1 Å². The number of rotatable bonds is 8. The third-order valence-electron chi connectivity index (χ3n) is 5.10. The third kappa shape index (κ3) is 4.71. The van der Waals surface area contributed by atoms with Crippen LogP contribution in [0.25, 0.3) is 11.0 Å². The van der Waals surface area contributed by atoms with Crippen molar-refractivity contribution in [2.45, 2.75) is 47.2 Å². The molecule has 0 saturated carbocycles. The summed E-state index contributed by atoms with van der Waals surface area (Å²) in [5.41, 5.74) is 3.05. The molecule has 0 spiro atoms. The molecule has 1 N–H and O–H groups in total. The number of nitrogens with one attached hydrogen (secondary N) is 1. The lowest BCUT2D eigenvalue weighted by Gasteiger charge is -2.18. The fraction of sp³-hybridized carbons (Fsp3) is 0.375. The van der Waals surface area contributed by atoms with Gasteiger partial charge in [0.25, 0.3) is 11.5 Å². The Bertz CT molecular complexity index is 1150. The number of nitrogens with zero attached hydrogens (tertiary/aromatic N) is 2. The van der Waals surface area contributed by atoms with Gasteiger partial charge in [0.15, 0.2) is 11.5 Å². The summed E-state index contributed by atoms with van der Waals surface area (Å²) < 4.78 is 13.0.